The van der Waals surface area contributed by atoms with Crippen molar-refractivity contribution in [1.29, 1.82) is 0 Å². The minimum Gasteiger partial charge on any atom is -0.364 e. The Hall–Kier alpha value is -0.0800. The van der Waals surface area contributed by atoms with Gasteiger partial charge in [-0.1, -0.05) is 96.8 Å². The van der Waals surface area contributed by atoms with Crippen LogP contribution in [-0.4, -0.2) is 12.8 Å². The van der Waals surface area contributed by atoms with Gasteiger partial charge in [-0.15, -0.1) is 0 Å². The Balaban J connectivity index is 3.00. The molecule has 0 aliphatic heterocycles. The summed E-state index contributed by atoms with van der Waals surface area (Å²) >= 11 is 0. The summed E-state index contributed by atoms with van der Waals surface area (Å²) < 4.78 is 5.34. The molecule has 1 unspecified atom stereocenters. The fourth-order valence-electron chi connectivity index (χ4n) is 3.01. The molecular weight excluding hydrogens is 270 g/mol. The molecule has 2 heteroatoms. The largest absolute Gasteiger partial charge is 0.364 e. The Bertz CT molecular complexity index is 196. The van der Waals surface area contributed by atoms with Crippen molar-refractivity contribution < 1.29 is 4.74 Å². The summed E-state index contributed by atoms with van der Waals surface area (Å²) in [6.07, 6.45) is 22.1. The summed E-state index contributed by atoms with van der Waals surface area (Å²) in [5.41, 5.74) is 5.82. The fourth-order valence-corrected chi connectivity index (χ4v) is 3.01. The lowest BCUT2D eigenvalue weighted by Crippen LogP contribution is -2.23. The van der Waals surface area contributed by atoms with Gasteiger partial charge in [0.15, 0.2) is 0 Å². The second-order valence-corrected chi connectivity index (χ2v) is 6.73. The smallest absolute Gasteiger partial charge is 0.105 e. The molecule has 134 valence electrons. The molecule has 0 saturated heterocycles. The summed E-state index contributed by atoms with van der Waals surface area (Å²) in [7, 11) is 0. The standard InChI is InChI=1S/C20H43NO/c1-3-5-6-7-8-9-10-11-12-13-14-15-16-17-18-19-20(21)22-4-2/h20H,3-19,21H2,1-2H3. The molecule has 0 aliphatic rings. The van der Waals surface area contributed by atoms with Crippen molar-refractivity contribution in [2.24, 2.45) is 5.73 Å². The maximum atomic E-state index is 5.82. The van der Waals surface area contributed by atoms with Crippen LogP contribution >= 0.6 is 0 Å². The first kappa shape index (κ1) is 21.9. The third-order valence-electron chi connectivity index (χ3n) is 4.47. The van der Waals surface area contributed by atoms with Gasteiger partial charge in [0, 0.05) is 6.61 Å². The highest BCUT2D eigenvalue weighted by molar-refractivity contribution is 4.52. The molecule has 2 nitrogen and oxygen atoms in total. The van der Waals surface area contributed by atoms with E-state index in [4.69, 9.17) is 10.5 Å². The quantitative estimate of drug-likeness (QED) is 0.229. The predicted octanol–water partition coefficient (Wildman–Crippen LogP) is 6.57. The topological polar surface area (TPSA) is 35.2 Å². The fraction of sp³-hybridized carbons (Fsp3) is 1.00. The van der Waals surface area contributed by atoms with E-state index in [1.807, 2.05) is 6.92 Å². The van der Waals surface area contributed by atoms with Gasteiger partial charge in [0.05, 0.1) is 0 Å². The molecule has 0 aromatic rings. The summed E-state index contributed by atoms with van der Waals surface area (Å²) in [5.74, 6) is 0. The molecule has 0 rings (SSSR count). The molecule has 0 amide bonds. The molecule has 0 radical (unpaired) electrons. The van der Waals surface area contributed by atoms with Crippen molar-refractivity contribution in [2.45, 2.75) is 123 Å². The molecule has 0 bridgehead atoms. The van der Waals surface area contributed by atoms with E-state index >= 15 is 0 Å². The SMILES string of the molecule is CCCCCCCCCCCCCCCCCC(N)OCC. The van der Waals surface area contributed by atoms with Crippen LogP contribution in [0.2, 0.25) is 0 Å². The second-order valence-electron chi connectivity index (χ2n) is 6.73. The maximum Gasteiger partial charge on any atom is 0.105 e. The minimum atomic E-state index is -0.0352. The second kappa shape index (κ2) is 19.0. The van der Waals surface area contributed by atoms with Crippen LogP contribution in [0.1, 0.15) is 117 Å². The highest BCUT2D eigenvalue weighted by Gasteiger charge is 2.00. The monoisotopic (exact) mass is 313 g/mol. The van der Waals surface area contributed by atoms with Gasteiger partial charge >= 0.3 is 0 Å². The molecule has 0 fully saturated rings. The van der Waals surface area contributed by atoms with Crippen molar-refractivity contribution >= 4 is 0 Å². The highest BCUT2D eigenvalue weighted by atomic mass is 16.5. The van der Waals surface area contributed by atoms with Crippen LogP contribution < -0.4 is 5.73 Å². The Labute approximate surface area is 140 Å². The first-order chi connectivity index (χ1) is 10.8. The van der Waals surface area contributed by atoms with Crippen molar-refractivity contribution in [3.8, 4) is 0 Å². The van der Waals surface area contributed by atoms with Gasteiger partial charge in [-0.25, -0.2) is 0 Å². The van der Waals surface area contributed by atoms with Crippen molar-refractivity contribution in [3.05, 3.63) is 0 Å². The maximum absolute atomic E-state index is 5.82. The lowest BCUT2D eigenvalue weighted by atomic mass is 10.0. The molecule has 1 atom stereocenters. The number of nitrogens with two attached hydrogens (primary N) is 1. The first-order valence-electron chi connectivity index (χ1n) is 10.2. The van der Waals surface area contributed by atoms with Gasteiger partial charge in [-0.05, 0) is 19.8 Å². The molecule has 0 heterocycles. The van der Waals surface area contributed by atoms with E-state index in [1.165, 1.54) is 96.3 Å². The van der Waals surface area contributed by atoms with Gasteiger partial charge < -0.3 is 10.5 Å². The molecule has 0 aromatic carbocycles. The van der Waals surface area contributed by atoms with Crippen LogP contribution in [-0.2, 0) is 4.74 Å². The van der Waals surface area contributed by atoms with Gasteiger partial charge in [0.1, 0.15) is 6.23 Å². The van der Waals surface area contributed by atoms with Gasteiger partial charge in [-0.2, -0.15) is 0 Å². The molecule has 0 aliphatic carbocycles. The average molecular weight is 314 g/mol. The Morgan fingerprint density at radius 2 is 0.955 bits per heavy atom. The number of unbranched alkanes of at least 4 members (excludes halogenated alkanes) is 14. The van der Waals surface area contributed by atoms with Crippen molar-refractivity contribution in [2.75, 3.05) is 6.61 Å². The number of hydrogen-bond acceptors (Lipinski definition) is 2. The number of ether oxygens (including phenoxy) is 1. The van der Waals surface area contributed by atoms with Gasteiger partial charge in [-0.3, -0.25) is 0 Å². The Kier molecular flexibility index (Phi) is 18.9. The molecule has 2 N–H and O–H groups in total. The van der Waals surface area contributed by atoms with E-state index in [-0.39, 0.29) is 6.23 Å². The summed E-state index contributed by atoms with van der Waals surface area (Å²) in [6, 6.07) is 0. The highest BCUT2D eigenvalue weighted by Crippen LogP contribution is 2.13. The van der Waals surface area contributed by atoms with Crippen molar-refractivity contribution in [3.63, 3.8) is 0 Å². The first-order valence-corrected chi connectivity index (χ1v) is 10.2. The summed E-state index contributed by atoms with van der Waals surface area (Å²) in [6.45, 7) is 5.03. The molecule has 0 aromatic heterocycles. The Morgan fingerprint density at radius 3 is 1.32 bits per heavy atom. The predicted molar refractivity (Wildman–Crippen MR) is 99.1 cm³/mol. The summed E-state index contributed by atoms with van der Waals surface area (Å²) in [4.78, 5) is 0. The van der Waals surface area contributed by atoms with E-state index in [2.05, 4.69) is 6.92 Å². The molecule has 0 saturated carbocycles. The van der Waals surface area contributed by atoms with Crippen LogP contribution in [0.25, 0.3) is 0 Å². The van der Waals surface area contributed by atoms with Crippen LogP contribution in [0, 0.1) is 0 Å². The van der Waals surface area contributed by atoms with Crippen molar-refractivity contribution in [1.82, 2.24) is 0 Å². The van der Waals surface area contributed by atoms with E-state index in [0.29, 0.717) is 0 Å². The average Bonchev–Trinajstić information content (AvgIpc) is 2.51. The van der Waals surface area contributed by atoms with Crippen LogP contribution in [0.4, 0.5) is 0 Å². The third-order valence-corrected chi connectivity index (χ3v) is 4.47. The summed E-state index contributed by atoms with van der Waals surface area (Å²) in [5, 5.41) is 0. The molecule has 22 heavy (non-hydrogen) atoms. The van der Waals surface area contributed by atoms with E-state index < -0.39 is 0 Å². The van der Waals surface area contributed by atoms with Crippen LogP contribution in [0.5, 0.6) is 0 Å². The number of rotatable bonds is 18. The minimum absolute atomic E-state index is 0.0352. The van der Waals surface area contributed by atoms with Gasteiger partial charge in [0.25, 0.3) is 0 Å². The lowest BCUT2D eigenvalue weighted by molar-refractivity contribution is 0.0597. The molecular formula is C20H43NO. The van der Waals surface area contributed by atoms with Crippen LogP contribution in [0.3, 0.4) is 0 Å². The number of hydrogen-bond donors (Lipinski definition) is 1. The Morgan fingerprint density at radius 1 is 0.591 bits per heavy atom. The zero-order valence-electron chi connectivity index (χ0n) is 15.6. The van der Waals surface area contributed by atoms with Gasteiger partial charge in [0.2, 0.25) is 0 Å². The molecule has 0 spiro atoms. The van der Waals surface area contributed by atoms with E-state index in [9.17, 15) is 0 Å². The van der Waals surface area contributed by atoms with Crippen LogP contribution in [0.15, 0.2) is 0 Å². The van der Waals surface area contributed by atoms with E-state index in [0.717, 1.165) is 13.0 Å². The zero-order valence-corrected chi connectivity index (χ0v) is 15.6. The normalized spacial score (nSPS) is 12.7. The lowest BCUT2D eigenvalue weighted by Gasteiger charge is -2.10. The zero-order chi connectivity index (χ0) is 16.3. The third kappa shape index (κ3) is 18.0. The van der Waals surface area contributed by atoms with E-state index in [1.54, 1.807) is 0 Å².